The van der Waals surface area contributed by atoms with E-state index in [1.165, 1.54) is 116 Å². The largest absolute Gasteiger partial charge is 0.508 e. The van der Waals surface area contributed by atoms with Crippen molar-refractivity contribution in [2.45, 2.75) is 162 Å². The van der Waals surface area contributed by atoms with Gasteiger partial charge in [0.15, 0.2) is 0 Å². The lowest BCUT2D eigenvalue weighted by Crippen LogP contribution is -2.09. The zero-order chi connectivity index (χ0) is 25.5. The molecule has 0 rings (SSSR count). The van der Waals surface area contributed by atoms with Crippen molar-refractivity contribution in [2.75, 3.05) is 13.2 Å². The lowest BCUT2D eigenvalue weighted by molar-refractivity contribution is 0.0529. The maximum Gasteiger partial charge on any atom is 0.508 e. The summed E-state index contributed by atoms with van der Waals surface area (Å²) in [6.07, 6.45) is 37.7. The molecule has 0 unspecified atom stereocenters. The van der Waals surface area contributed by atoms with Gasteiger partial charge in [-0.3, -0.25) is 0 Å². The van der Waals surface area contributed by atoms with Crippen LogP contribution in [-0.4, -0.2) is 19.4 Å². The van der Waals surface area contributed by atoms with Crippen molar-refractivity contribution in [2.24, 2.45) is 0 Å². The quantitative estimate of drug-likeness (QED) is 0.0649. The first-order valence-corrected chi connectivity index (χ1v) is 15.4. The smallest absolute Gasteiger partial charge is 0.434 e. The highest BCUT2D eigenvalue weighted by Crippen LogP contribution is 2.12. The fourth-order valence-electron chi connectivity index (χ4n) is 4.21. The Labute approximate surface area is 219 Å². The first-order chi connectivity index (χ1) is 17.3. The summed E-state index contributed by atoms with van der Waals surface area (Å²) in [5.74, 6) is 0. The second-order valence-corrected chi connectivity index (χ2v) is 10.1. The maximum absolute atomic E-state index is 11.6. The molecule has 0 bridgehead atoms. The molecule has 0 atom stereocenters. The fourth-order valence-corrected chi connectivity index (χ4v) is 4.21. The van der Waals surface area contributed by atoms with Crippen LogP contribution in [-0.2, 0) is 9.47 Å². The van der Waals surface area contributed by atoms with E-state index in [-0.39, 0.29) is 0 Å². The SMILES string of the molecule is CCCCC/C=C\C/C=C\CCCCCCCCOC(=O)OCCCCCCCCCCCCC. The summed E-state index contributed by atoms with van der Waals surface area (Å²) in [5.41, 5.74) is 0. The van der Waals surface area contributed by atoms with Gasteiger partial charge in [0.25, 0.3) is 0 Å². The fraction of sp³-hybridized carbons (Fsp3) is 0.844. The summed E-state index contributed by atoms with van der Waals surface area (Å²) in [7, 11) is 0. The van der Waals surface area contributed by atoms with Gasteiger partial charge in [0.2, 0.25) is 0 Å². The van der Waals surface area contributed by atoms with Crippen molar-refractivity contribution in [1.82, 2.24) is 0 Å². The van der Waals surface area contributed by atoms with Gasteiger partial charge < -0.3 is 9.47 Å². The average Bonchev–Trinajstić information content (AvgIpc) is 2.86. The topological polar surface area (TPSA) is 35.5 Å². The van der Waals surface area contributed by atoms with E-state index in [1.807, 2.05) is 0 Å². The number of hydrogen-bond donors (Lipinski definition) is 0. The summed E-state index contributed by atoms with van der Waals surface area (Å²) in [6.45, 7) is 5.51. The average molecular weight is 493 g/mol. The molecular weight excluding hydrogens is 432 g/mol. The number of ether oxygens (including phenoxy) is 2. The van der Waals surface area contributed by atoms with E-state index in [0.29, 0.717) is 13.2 Å². The van der Waals surface area contributed by atoms with Crippen LogP contribution < -0.4 is 0 Å². The summed E-state index contributed by atoms with van der Waals surface area (Å²) in [5, 5.41) is 0. The molecule has 0 N–H and O–H groups in total. The van der Waals surface area contributed by atoms with Gasteiger partial charge in [-0.05, 0) is 44.9 Å². The van der Waals surface area contributed by atoms with Crippen molar-refractivity contribution in [3.63, 3.8) is 0 Å². The van der Waals surface area contributed by atoms with E-state index in [4.69, 9.17) is 9.47 Å². The predicted octanol–water partition coefficient (Wildman–Crippen LogP) is 11.3. The van der Waals surface area contributed by atoms with Crippen molar-refractivity contribution >= 4 is 6.16 Å². The standard InChI is InChI=1S/C32H60O3/c1-3-5-7-9-11-13-15-16-17-18-19-21-23-25-27-29-31-35-32(33)34-30-28-26-24-22-20-14-12-10-8-6-4-2/h11,13,16-17H,3-10,12,14-15,18-31H2,1-2H3/b13-11-,17-16-. The van der Waals surface area contributed by atoms with Crippen LogP contribution in [0.2, 0.25) is 0 Å². The molecule has 3 heteroatoms. The molecular formula is C32H60O3. The highest BCUT2D eigenvalue weighted by molar-refractivity contribution is 5.59. The second kappa shape index (κ2) is 30.8. The van der Waals surface area contributed by atoms with Crippen LogP contribution in [0.1, 0.15) is 162 Å². The van der Waals surface area contributed by atoms with E-state index in [9.17, 15) is 4.79 Å². The number of carbonyl (C=O) groups is 1. The Kier molecular flexibility index (Phi) is 29.7. The van der Waals surface area contributed by atoms with Crippen molar-refractivity contribution in [3.05, 3.63) is 24.3 Å². The van der Waals surface area contributed by atoms with Gasteiger partial charge in [-0.2, -0.15) is 0 Å². The molecule has 0 aromatic heterocycles. The van der Waals surface area contributed by atoms with Gasteiger partial charge in [0.05, 0.1) is 13.2 Å². The molecule has 0 radical (unpaired) electrons. The second-order valence-electron chi connectivity index (χ2n) is 10.1. The van der Waals surface area contributed by atoms with Gasteiger partial charge >= 0.3 is 6.16 Å². The van der Waals surface area contributed by atoms with Crippen LogP contribution in [0.15, 0.2) is 24.3 Å². The summed E-state index contributed by atoms with van der Waals surface area (Å²) in [4.78, 5) is 11.6. The minimum atomic E-state index is -0.486. The van der Waals surface area contributed by atoms with E-state index in [0.717, 1.165) is 32.1 Å². The van der Waals surface area contributed by atoms with Crippen LogP contribution in [0.5, 0.6) is 0 Å². The maximum atomic E-state index is 11.6. The molecule has 0 saturated heterocycles. The third-order valence-electron chi connectivity index (χ3n) is 6.53. The molecule has 35 heavy (non-hydrogen) atoms. The molecule has 0 amide bonds. The first-order valence-electron chi connectivity index (χ1n) is 15.4. The Balaban J connectivity index is 3.22. The van der Waals surface area contributed by atoms with E-state index < -0.39 is 6.16 Å². The molecule has 0 heterocycles. The summed E-state index contributed by atoms with van der Waals surface area (Å²) >= 11 is 0. The molecule has 0 spiro atoms. The molecule has 0 aromatic carbocycles. The van der Waals surface area contributed by atoms with Crippen molar-refractivity contribution in [1.29, 1.82) is 0 Å². The Morgan fingerprint density at radius 2 is 0.800 bits per heavy atom. The van der Waals surface area contributed by atoms with Crippen LogP contribution in [0.25, 0.3) is 0 Å². The normalized spacial score (nSPS) is 11.6. The van der Waals surface area contributed by atoms with Crippen LogP contribution in [0.4, 0.5) is 4.79 Å². The molecule has 0 aliphatic heterocycles. The van der Waals surface area contributed by atoms with Gasteiger partial charge in [-0.15, -0.1) is 0 Å². The third kappa shape index (κ3) is 30.7. The van der Waals surface area contributed by atoms with Gasteiger partial charge in [-0.25, -0.2) is 4.79 Å². The molecule has 0 aliphatic rings. The monoisotopic (exact) mass is 492 g/mol. The zero-order valence-corrected chi connectivity index (χ0v) is 23.7. The number of allylic oxidation sites excluding steroid dienone is 4. The number of hydrogen-bond acceptors (Lipinski definition) is 3. The Morgan fingerprint density at radius 1 is 0.457 bits per heavy atom. The lowest BCUT2D eigenvalue weighted by Gasteiger charge is -2.06. The van der Waals surface area contributed by atoms with Gasteiger partial charge in [0.1, 0.15) is 0 Å². The van der Waals surface area contributed by atoms with E-state index >= 15 is 0 Å². The Bertz CT molecular complexity index is 469. The Morgan fingerprint density at radius 3 is 1.26 bits per heavy atom. The zero-order valence-electron chi connectivity index (χ0n) is 23.7. The van der Waals surface area contributed by atoms with Gasteiger partial charge in [-0.1, -0.05) is 141 Å². The van der Waals surface area contributed by atoms with E-state index in [2.05, 4.69) is 38.2 Å². The lowest BCUT2D eigenvalue weighted by atomic mass is 10.1. The number of carbonyl (C=O) groups excluding carboxylic acids is 1. The molecule has 0 aromatic rings. The van der Waals surface area contributed by atoms with Crippen molar-refractivity contribution < 1.29 is 14.3 Å². The highest BCUT2D eigenvalue weighted by Gasteiger charge is 2.03. The summed E-state index contributed by atoms with van der Waals surface area (Å²) in [6, 6.07) is 0. The minimum absolute atomic E-state index is 0.486. The number of rotatable bonds is 27. The molecule has 0 fully saturated rings. The van der Waals surface area contributed by atoms with Crippen LogP contribution in [0, 0.1) is 0 Å². The van der Waals surface area contributed by atoms with Crippen molar-refractivity contribution in [3.8, 4) is 0 Å². The third-order valence-corrected chi connectivity index (χ3v) is 6.53. The summed E-state index contributed by atoms with van der Waals surface area (Å²) < 4.78 is 10.4. The molecule has 0 saturated carbocycles. The minimum Gasteiger partial charge on any atom is -0.434 e. The molecule has 0 aliphatic carbocycles. The molecule has 3 nitrogen and oxygen atoms in total. The Hall–Kier alpha value is -1.25. The first kappa shape index (κ1) is 33.8. The van der Waals surface area contributed by atoms with E-state index in [1.54, 1.807) is 0 Å². The van der Waals surface area contributed by atoms with Crippen LogP contribution >= 0.6 is 0 Å². The predicted molar refractivity (Wildman–Crippen MR) is 153 cm³/mol. The van der Waals surface area contributed by atoms with Gasteiger partial charge in [0, 0.05) is 0 Å². The number of unbranched alkanes of at least 4 members (excludes halogenated alkanes) is 19. The molecule has 206 valence electrons. The van der Waals surface area contributed by atoms with Crippen LogP contribution in [0.3, 0.4) is 0 Å². The highest BCUT2D eigenvalue weighted by atomic mass is 16.7.